The van der Waals surface area contributed by atoms with Gasteiger partial charge in [-0.1, -0.05) is 54.4 Å². The van der Waals surface area contributed by atoms with Crippen molar-refractivity contribution in [3.63, 3.8) is 0 Å². The van der Waals surface area contributed by atoms with Crippen LogP contribution in [0.1, 0.15) is 22.8 Å². The van der Waals surface area contributed by atoms with Gasteiger partial charge in [0.1, 0.15) is 17.2 Å². The van der Waals surface area contributed by atoms with Gasteiger partial charge in [0.25, 0.3) is 0 Å². The van der Waals surface area contributed by atoms with Crippen molar-refractivity contribution in [2.24, 2.45) is 0 Å². The molecule has 0 saturated heterocycles. The van der Waals surface area contributed by atoms with Crippen molar-refractivity contribution in [2.45, 2.75) is 11.8 Å². The van der Waals surface area contributed by atoms with Crippen molar-refractivity contribution >= 4 is 38.5 Å². The molecule has 7 heteroatoms. The first-order chi connectivity index (χ1) is 19.2. The van der Waals surface area contributed by atoms with E-state index in [1.807, 2.05) is 37.3 Å². The zero-order valence-electron chi connectivity index (χ0n) is 21.4. The lowest BCUT2D eigenvalue weighted by molar-refractivity contribution is 0.105. The molecule has 1 aliphatic heterocycles. The van der Waals surface area contributed by atoms with Crippen molar-refractivity contribution in [2.75, 3.05) is 0 Å². The molecule has 1 aliphatic rings. The summed E-state index contributed by atoms with van der Waals surface area (Å²) in [4.78, 5) is 15.0. The standard InChI is InChI=1S/C33H24O6S/c1-18-26(19-11-14-25(15-12-19)39-24-6-4-3-5-7-24)29(35)28-31(37)32(38)30(36)27(33(28)40(18)2)22-9-8-21-17-23(34)13-10-20(21)16-22/h3-17,34,36-38H,2H2,1H3. The normalized spacial score (nSPS) is 14.8. The zero-order valence-corrected chi connectivity index (χ0v) is 22.2. The van der Waals surface area contributed by atoms with Crippen LogP contribution in [0.25, 0.3) is 27.5 Å². The molecule has 6 nitrogen and oxygen atoms in total. The summed E-state index contributed by atoms with van der Waals surface area (Å²) in [6, 6.07) is 26.6. The molecule has 0 fully saturated rings. The van der Waals surface area contributed by atoms with Crippen LogP contribution in [0.15, 0.2) is 101 Å². The van der Waals surface area contributed by atoms with Crippen LogP contribution < -0.4 is 4.74 Å². The number of hydrogen-bond donors (Lipinski definition) is 4. The SMILES string of the molecule is C=S1C(C)=C(c2ccc(Oc3ccccc3)cc2)C(=O)c2c(O)c(O)c(O)c(-c3ccc4cc(O)ccc4c3)c21. The summed E-state index contributed by atoms with van der Waals surface area (Å²) in [7, 11) is -0.970. The molecule has 0 aromatic heterocycles. The molecule has 5 aromatic rings. The molecular formula is C33H24O6S. The van der Waals surface area contributed by atoms with Crippen LogP contribution in [0.3, 0.4) is 0 Å². The van der Waals surface area contributed by atoms with Gasteiger partial charge in [-0.2, -0.15) is 0 Å². The van der Waals surface area contributed by atoms with Crippen LogP contribution >= 0.6 is 10.5 Å². The average Bonchev–Trinajstić information content (AvgIpc) is 2.96. The number of rotatable bonds is 4. The van der Waals surface area contributed by atoms with Gasteiger partial charge in [0.2, 0.25) is 5.75 Å². The minimum atomic E-state index is -0.970. The first-order valence-corrected chi connectivity index (χ1v) is 13.8. The Hall–Kier alpha value is -5.01. The number of allylic oxidation sites excluding steroid dienone is 2. The summed E-state index contributed by atoms with van der Waals surface area (Å²) in [5.74, 6) is 3.29. The van der Waals surface area contributed by atoms with Crippen molar-refractivity contribution in [3.8, 4) is 45.6 Å². The Morgan fingerprint density at radius 1 is 0.675 bits per heavy atom. The summed E-state index contributed by atoms with van der Waals surface area (Å²) in [5.41, 5.74) is 1.68. The smallest absolute Gasteiger partial charge is 0.201 e. The van der Waals surface area contributed by atoms with Crippen molar-refractivity contribution in [3.05, 3.63) is 107 Å². The molecule has 40 heavy (non-hydrogen) atoms. The number of para-hydroxylation sites is 1. The number of phenols is 4. The number of carbonyl (C=O) groups is 1. The minimum absolute atomic E-state index is 0.0837. The third-order valence-corrected chi connectivity index (χ3v) is 8.88. The van der Waals surface area contributed by atoms with E-state index in [9.17, 15) is 25.2 Å². The Balaban J connectivity index is 1.47. The quantitative estimate of drug-likeness (QED) is 0.135. The molecule has 6 rings (SSSR count). The van der Waals surface area contributed by atoms with Crippen LogP contribution in [-0.4, -0.2) is 32.1 Å². The van der Waals surface area contributed by atoms with Crippen LogP contribution in [-0.2, 0) is 0 Å². The lowest BCUT2D eigenvalue weighted by Crippen LogP contribution is -2.13. The summed E-state index contributed by atoms with van der Waals surface area (Å²) >= 11 is 0. The maximum Gasteiger partial charge on any atom is 0.201 e. The van der Waals surface area contributed by atoms with Gasteiger partial charge in [-0.05, 0) is 76.2 Å². The first-order valence-electron chi connectivity index (χ1n) is 12.4. The maximum atomic E-state index is 14.0. The fourth-order valence-corrected chi connectivity index (χ4v) is 6.67. The molecule has 0 spiro atoms. The van der Waals surface area contributed by atoms with E-state index in [1.54, 1.807) is 60.7 Å². The van der Waals surface area contributed by atoms with Gasteiger partial charge < -0.3 is 25.2 Å². The third kappa shape index (κ3) is 4.08. The van der Waals surface area contributed by atoms with Crippen molar-refractivity contribution in [1.29, 1.82) is 0 Å². The summed E-state index contributed by atoms with van der Waals surface area (Å²) in [5, 5.41) is 44.0. The van der Waals surface area contributed by atoms with Crippen LogP contribution in [0.5, 0.6) is 34.5 Å². The number of ether oxygens (including phenoxy) is 1. The number of hydrogen-bond acceptors (Lipinski definition) is 6. The van der Waals surface area contributed by atoms with Crippen LogP contribution in [0.2, 0.25) is 0 Å². The Morgan fingerprint density at radius 2 is 1.27 bits per heavy atom. The Labute approximate surface area is 232 Å². The predicted molar refractivity (Wildman–Crippen MR) is 159 cm³/mol. The molecule has 0 amide bonds. The second-order valence-electron chi connectivity index (χ2n) is 9.46. The molecule has 0 bridgehead atoms. The molecule has 1 unspecified atom stereocenters. The van der Waals surface area contributed by atoms with Crippen molar-refractivity contribution in [1.82, 2.24) is 0 Å². The molecule has 1 atom stereocenters. The maximum absolute atomic E-state index is 14.0. The number of Topliss-reactive ketones (excluding diaryl/α,β-unsaturated/α-hetero) is 1. The number of fused-ring (bicyclic) bond motifs is 2. The summed E-state index contributed by atoms with van der Waals surface area (Å²) < 4.78 is 5.88. The molecule has 0 saturated carbocycles. The predicted octanol–water partition coefficient (Wildman–Crippen LogP) is 7.81. The lowest BCUT2D eigenvalue weighted by Gasteiger charge is -2.27. The highest BCUT2D eigenvalue weighted by Gasteiger charge is 2.36. The molecular weight excluding hydrogens is 524 g/mol. The largest absolute Gasteiger partial charge is 0.508 e. The number of benzene rings is 5. The van der Waals surface area contributed by atoms with Gasteiger partial charge in [-0.15, -0.1) is 10.5 Å². The molecule has 5 aromatic carbocycles. The van der Waals surface area contributed by atoms with Gasteiger partial charge in [-0.3, -0.25) is 4.79 Å². The monoisotopic (exact) mass is 548 g/mol. The van der Waals surface area contributed by atoms with Gasteiger partial charge in [0, 0.05) is 16.0 Å². The van der Waals surface area contributed by atoms with Crippen LogP contribution in [0.4, 0.5) is 0 Å². The zero-order chi connectivity index (χ0) is 28.1. The highest BCUT2D eigenvalue weighted by Crippen LogP contribution is 2.58. The number of ketones is 1. The molecule has 0 radical (unpaired) electrons. The second kappa shape index (κ2) is 9.63. The average molecular weight is 549 g/mol. The van der Waals surface area contributed by atoms with Crippen molar-refractivity contribution < 1.29 is 30.0 Å². The van der Waals surface area contributed by atoms with Gasteiger partial charge >= 0.3 is 0 Å². The Kier molecular flexibility index (Phi) is 6.08. The fraction of sp³-hybridized carbons (Fsp3) is 0.0303. The molecule has 4 N–H and O–H groups in total. The Morgan fingerprint density at radius 3 is 2.00 bits per heavy atom. The van der Waals surface area contributed by atoms with E-state index >= 15 is 0 Å². The molecule has 0 aliphatic carbocycles. The van der Waals surface area contributed by atoms with E-state index < -0.39 is 33.5 Å². The second-order valence-corrected chi connectivity index (χ2v) is 11.3. The van der Waals surface area contributed by atoms with Gasteiger partial charge in [0.05, 0.1) is 5.56 Å². The summed E-state index contributed by atoms with van der Waals surface area (Å²) in [6.45, 7) is 1.81. The molecule has 198 valence electrons. The van der Waals surface area contributed by atoms with E-state index in [1.165, 1.54) is 0 Å². The Bertz CT molecular complexity index is 1890. The number of phenolic OH excluding ortho intramolecular Hbond substituents is 4. The fourth-order valence-electron chi connectivity index (χ4n) is 5.01. The van der Waals surface area contributed by atoms with Crippen LogP contribution in [0, 0.1) is 0 Å². The minimum Gasteiger partial charge on any atom is -0.508 e. The van der Waals surface area contributed by atoms with E-state index in [2.05, 4.69) is 5.87 Å². The number of carbonyl (C=O) groups excluding carboxylic acids is 1. The van der Waals surface area contributed by atoms with E-state index in [4.69, 9.17) is 4.74 Å². The summed E-state index contributed by atoms with van der Waals surface area (Å²) in [6.07, 6.45) is 0. The first kappa shape index (κ1) is 25.3. The molecule has 1 heterocycles. The highest BCUT2D eigenvalue weighted by atomic mass is 32.2. The lowest BCUT2D eigenvalue weighted by atomic mass is 9.91. The van der Waals surface area contributed by atoms with E-state index in [0.717, 1.165) is 10.8 Å². The highest BCUT2D eigenvalue weighted by molar-refractivity contribution is 8.18. The van der Waals surface area contributed by atoms with Gasteiger partial charge in [-0.25, -0.2) is 0 Å². The van der Waals surface area contributed by atoms with E-state index in [-0.39, 0.29) is 16.9 Å². The third-order valence-electron chi connectivity index (χ3n) is 7.03. The topological polar surface area (TPSA) is 107 Å². The van der Waals surface area contributed by atoms with Gasteiger partial charge in [0.15, 0.2) is 17.3 Å². The van der Waals surface area contributed by atoms with E-state index in [0.29, 0.717) is 38.0 Å². The number of aromatic hydroxyl groups is 4.